The second-order valence-corrected chi connectivity index (χ2v) is 7.03. The summed E-state index contributed by atoms with van der Waals surface area (Å²) in [5, 5.41) is 3.09. The number of ether oxygens (including phenoxy) is 1. The molecule has 27 heavy (non-hydrogen) atoms. The Bertz CT molecular complexity index is 774. The van der Waals surface area contributed by atoms with Crippen LogP contribution in [0.5, 0.6) is 0 Å². The SMILES string of the molecule is C[C@H](CN1CCOCC1)NC(=O)c1cccc(-c2cncc(N(C)C)n2)c1. The molecule has 0 radical (unpaired) electrons. The Kier molecular flexibility index (Phi) is 6.36. The van der Waals surface area contributed by atoms with Crippen LogP contribution in [-0.2, 0) is 4.74 Å². The molecule has 0 saturated carbocycles. The summed E-state index contributed by atoms with van der Waals surface area (Å²) >= 11 is 0. The first kappa shape index (κ1) is 19.3. The Labute approximate surface area is 160 Å². The van der Waals surface area contributed by atoms with E-state index in [1.165, 1.54) is 0 Å². The molecular weight excluding hydrogens is 342 g/mol. The van der Waals surface area contributed by atoms with Crippen LogP contribution in [0.2, 0.25) is 0 Å². The summed E-state index contributed by atoms with van der Waals surface area (Å²) in [4.78, 5) is 25.7. The number of carbonyl (C=O) groups is 1. The fraction of sp³-hybridized carbons (Fsp3) is 0.450. The Morgan fingerprint density at radius 3 is 2.81 bits per heavy atom. The number of benzene rings is 1. The molecule has 1 aromatic carbocycles. The second kappa shape index (κ2) is 8.92. The van der Waals surface area contributed by atoms with Crippen LogP contribution in [0.1, 0.15) is 17.3 Å². The van der Waals surface area contributed by atoms with Crippen LogP contribution in [0.25, 0.3) is 11.3 Å². The zero-order chi connectivity index (χ0) is 19.2. The number of amides is 1. The predicted octanol–water partition coefficient (Wildman–Crippen LogP) is 1.66. The van der Waals surface area contributed by atoms with E-state index in [4.69, 9.17) is 4.74 Å². The molecule has 1 N–H and O–H groups in total. The number of rotatable bonds is 6. The Morgan fingerprint density at radius 1 is 1.30 bits per heavy atom. The van der Waals surface area contributed by atoms with Gasteiger partial charge in [0.15, 0.2) is 0 Å². The van der Waals surface area contributed by atoms with Gasteiger partial charge in [0.05, 0.1) is 31.3 Å². The first-order valence-electron chi connectivity index (χ1n) is 9.23. The molecule has 0 unspecified atom stereocenters. The number of aromatic nitrogens is 2. The van der Waals surface area contributed by atoms with Crippen LogP contribution >= 0.6 is 0 Å². The molecule has 144 valence electrons. The zero-order valence-corrected chi connectivity index (χ0v) is 16.2. The van der Waals surface area contributed by atoms with Crippen molar-refractivity contribution in [2.24, 2.45) is 0 Å². The van der Waals surface area contributed by atoms with E-state index in [0.29, 0.717) is 5.56 Å². The number of hydrogen-bond donors (Lipinski definition) is 1. The molecule has 2 aromatic rings. The van der Waals surface area contributed by atoms with Crippen LogP contribution in [-0.4, -0.2) is 73.8 Å². The minimum Gasteiger partial charge on any atom is -0.379 e. The summed E-state index contributed by atoms with van der Waals surface area (Å²) in [7, 11) is 3.85. The minimum absolute atomic E-state index is 0.0658. The monoisotopic (exact) mass is 369 g/mol. The lowest BCUT2D eigenvalue weighted by atomic mass is 10.1. The molecule has 0 bridgehead atoms. The van der Waals surface area contributed by atoms with E-state index >= 15 is 0 Å². The lowest BCUT2D eigenvalue weighted by molar-refractivity contribution is 0.0342. The van der Waals surface area contributed by atoms with Crippen molar-refractivity contribution in [2.45, 2.75) is 13.0 Å². The quantitative estimate of drug-likeness (QED) is 0.835. The van der Waals surface area contributed by atoms with Crippen LogP contribution in [0, 0.1) is 0 Å². The molecule has 1 fully saturated rings. The number of carbonyl (C=O) groups excluding carboxylic acids is 1. The molecule has 1 aromatic heterocycles. The standard InChI is InChI=1S/C20H27N5O2/c1-15(14-25-7-9-27-10-8-25)22-20(26)17-6-4-5-16(11-17)18-12-21-13-19(23-18)24(2)3/h4-6,11-13,15H,7-10,14H2,1-3H3,(H,22,26)/t15-/m1/s1. The van der Waals surface area contributed by atoms with Crippen molar-refractivity contribution in [1.82, 2.24) is 20.2 Å². The number of hydrogen-bond acceptors (Lipinski definition) is 6. The van der Waals surface area contributed by atoms with E-state index in [1.54, 1.807) is 12.4 Å². The maximum Gasteiger partial charge on any atom is 0.251 e. The average Bonchev–Trinajstić information content (AvgIpc) is 2.69. The fourth-order valence-corrected chi connectivity index (χ4v) is 3.05. The van der Waals surface area contributed by atoms with Crippen molar-refractivity contribution in [3.05, 3.63) is 42.2 Å². The number of nitrogens with one attached hydrogen (secondary N) is 1. The molecule has 1 aliphatic heterocycles. The van der Waals surface area contributed by atoms with Crippen molar-refractivity contribution in [1.29, 1.82) is 0 Å². The van der Waals surface area contributed by atoms with Crippen molar-refractivity contribution in [3.63, 3.8) is 0 Å². The zero-order valence-electron chi connectivity index (χ0n) is 16.2. The smallest absolute Gasteiger partial charge is 0.251 e. The Balaban J connectivity index is 1.67. The average molecular weight is 369 g/mol. The van der Waals surface area contributed by atoms with Crippen molar-refractivity contribution >= 4 is 11.7 Å². The molecule has 0 aliphatic carbocycles. The van der Waals surface area contributed by atoms with Gasteiger partial charge in [-0.05, 0) is 19.1 Å². The predicted molar refractivity (Wildman–Crippen MR) is 106 cm³/mol. The summed E-state index contributed by atoms with van der Waals surface area (Å²) in [6, 6.07) is 7.57. The van der Waals surface area contributed by atoms with Gasteiger partial charge in [-0.15, -0.1) is 0 Å². The van der Waals surface area contributed by atoms with Gasteiger partial charge in [-0.3, -0.25) is 14.7 Å². The highest BCUT2D eigenvalue weighted by Gasteiger charge is 2.16. The second-order valence-electron chi connectivity index (χ2n) is 7.03. The minimum atomic E-state index is -0.0747. The number of anilines is 1. The van der Waals surface area contributed by atoms with Crippen molar-refractivity contribution < 1.29 is 9.53 Å². The van der Waals surface area contributed by atoms with Crippen molar-refractivity contribution in [2.75, 3.05) is 51.8 Å². The van der Waals surface area contributed by atoms with E-state index in [2.05, 4.69) is 20.2 Å². The highest BCUT2D eigenvalue weighted by Crippen LogP contribution is 2.20. The summed E-state index contributed by atoms with van der Waals surface area (Å²) in [5.74, 6) is 0.704. The highest BCUT2D eigenvalue weighted by atomic mass is 16.5. The van der Waals surface area contributed by atoms with E-state index in [9.17, 15) is 4.79 Å². The van der Waals surface area contributed by atoms with Gasteiger partial charge in [0.1, 0.15) is 5.82 Å². The Hall–Kier alpha value is -2.51. The summed E-state index contributed by atoms with van der Waals surface area (Å²) in [6.07, 6.45) is 3.43. The third kappa shape index (κ3) is 5.24. The topological polar surface area (TPSA) is 70.6 Å². The molecule has 2 heterocycles. The molecule has 3 rings (SSSR count). The van der Waals surface area contributed by atoms with Gasteiger partial charge in [-0.25, -0.2) is 4.98 Å². The van der Waals surface area contributed by atoms with Crippen LogP contribution in [0.3, 0.4) is 0 Å². The van der Waals surface area contributed by atoms with Gasteiger partial charge in [0.25, 0.3) is 5.91 Å². The van der Waals surface area contributed by atoms with E-state index in [1.807, 2.05) is 50.2 Å². The van der Waals surface area contributed by atoms with Gasteiger partial charge < -0.3 is 15.0 Å². The summed E-state index contributed by atoms with van der Waals surface area (Å²) in [6.45, 7) is 6.20. The van der Waals surface area contributed by atoms with Gasteiger partial charge in [-0.1, -0.05) is 12.1 Å². The summed E-state index contributed by atoms with van der Waals surface area (Å²) in [5.41, 5.74) is 2.25. The molecule has 7 nitrogen and oxygen atoms in total. The third-order valence-electron chi connectivity index (χ3n) is 4.51. The van der Waals surface area contributed by atoms with E-state index in [0.717, 1.165) is 49.9 Å². The van der Waals surface area contributed by atoms with E-state index < -0.39 is 0 Å². The van der Waals surface area contributed by atoms with E-state index in [-0.39, 0.29) is 11.9 Å². The largest absolute Gasteiger partial charge is 0.379 e. The molecule has 1 saturated heterocycles. The molecule has 1 amide bonds. The fourth-order valence-electron chi connectivity index (χ4n) is 3.05. The maximum atomic E-state index is 12.7. The number of nitrogens with zero attached hydrogens (tertiary/aromatic N) is 4. The van der Waals surface area contributed by atoms with Gasteiger partial charge in [0, 0.05) is 50.9 Å². The lowest BCUT2D eigenvalue weighted by Gasteiger charge is -2.29. The molecular formula is C20H27N5O2. The Morgan fingerprint density at radius 2 is 2.07 bits per heavy atom. The van der Waals surface area contributed by atoms with Gasteiger partial charge in [-0.2, -0.15) is 0 Å². The lowest BCUT2D eigenvalue weighted by Crippen LogP contribution is -2.46. The normalized spacial score (nSPS) is 16.0. The third-order valence-corrected chi connectivity index (χ3v) is 4.51. The first-order chi connectivity index (χ1) is 13.0. The van der Waals surface area contributed by atoms with Crippen molar-refractivity contribution in [3.8, 4) is 11.3 Å². The van der Waals surface area contributed by atoms with Gasteiger partial charge in [0.2, 0.25) is 0 Å². The van der Waals surface area contributed by atoms with Crippen LogP contribution < -0.4 is 10.2 Å². The molecule has 1 atom stereocenters. The molecule has 1 aliphatic rings. The van der Waals surface area contributed by atoms with Crippen LogP contribution in [0.15, 0.2) is 36.7 Å². The van der Waals surface area contributed by atoms with Gasteiger partial charge >= 0.3 is 0 Å². The number of morpholine rings is 1. The highest BCUT2D eigenvalue weighted by molar-refractivity contribution is 5.95. The summed E-state index contributed by atoms with van der Waals surface area (Å²) < 4.78 is 5.37. The molecule has 0 spiro atoms. The molecule has 7 heteroatoms. The first-order valence-corrected chi connectivity index (χ1v) is 9.23. The maximum absolute atomic E-state index is 12.7. The van der Waals surface area contributed by atoms with Crippen LogP contribution in [0.4, 0.5) is 5.82 Å².